The normalized spacial score (nSPS) is 12.1. The molecule has 78 valence electrons. The van der Waals surface area contributed by atoms with Crippen molar-refractivity contribution < 1.29 is 0 Å². The van der Waals surface area contributed by atoms with Crippen LogP contribution in [0.1, 0.15) is 5.56 Å². The van der Waals surface area contributed by atoms with Gasteiger partial charge in [-0.3, -0.25) is 0 Å². The fourth-order valence-corrected chi connectivity index (χ4v) is 3.36. The first kappa shape index (κ1) is 11.3. The van der Waals surface area contributed by atoms with Gasteiger partial charge >= 0.3 is 0 Å². The number of aryl methyl sites for hydroxylation is 1. The molecule has 0 bridgehead atoms. The zero-order valence-corrected chi connectivity index (χ0v) is 11.7. The van der Waals surface area contributed by atoms with Crippen LogP contribution in [-0.2, 0) is 0 Å². The molecule has 6 heteroatoms. The van der Waals surface area contributed by atoms with Crippen molar-refractivity contribution in [1.29, 1.82) is 0 Å². The van der Waals surface area contributed by atoms with Gasteiger partial charge in [-0.15, -0.1) is 0 Å². The van der Waals surface area contributed by atoms with Gasteiger partial charge in [0.25, 0.3) is 0 Å². The van der Waals surface area contributed by atoms with Gasteiger partial charge in [0, 0.05) is 15.0 Å². The van der Waals surface area contributed by atoms with Crippen molar-refractivity contribution in [2.45, 2.75) is 6.92 Å². The molecular formula is C9H6BrClN2S2. The molecule has 0 unspecified atom stereocenters. The molecule has 0 radical (unpaired) electrons. The van der Waals surface area contributed by atoms with Crippen molar-refractivity contribution in [3.63, 3.8) is 0 Å². The number of rotatable bonds is 1. The molecule has 1 heterocycles. The van der Waals surface area contributed by atoms with E-state index in [0.29, 0.717) is 5.15 Å². The summed E-state index contributed by atoms with van der Waals surface area (Å²) in [5, 5.41) is 0.471. The SMILES string of the molecule is Cc1ccc(Br)c(/N=c2/ssnc2Cl)c1. The second kappa shape index (κ2) is 4.74. The first-order valence-corrected chi connectivity index (χ1v) is 7.37. The molecule has 0 saturated heterocycles. The predicted molar refractivity (Wildman–Crippen MR) is 69.1 cm³/mol. The molecule has 0 spiro atoms. The predicted octanol–water partition coefficient (Wildman–Crippen LogP) is 4.16. The molecule has 2 nitrogen and oxygen atoms in total. The molecular weight excluding hydrogens is 316 g/mol. The summed E-state index contributed by atoms with van der Waals surface area (Å²) in [6, 6.07) is 6.01. The van der Waals surface area contributed by atoms with Crippen LogP contribution < -0.4 is 4.67 Å². The van der Waals surface area contributed by atoms with Crippen LogP contribution in [0.3, 0.4) is 0 Å². The first-order valence-electron chi connectivity index (χ1n) is 4.09. The highest BCUT2D eigenvalue weighted by Crippen LogP contribution is 2.26. The van der Waals surface area contributed by atoms with Gasteiger partial charge in [-0.2, -0.15) is 4.37 Å². The van der Waals surface area contributed by atoms with E-state index in [-0.39, 0.29) is 0 Å². The van der Waals surface area contributed by atoms with E-state index in [1.54, 1.807) is 0 Å². The van der Waals surface area contributed by atoms with Gasteiger partial charge in [0.15, 0.2) is 9.82 Å². The third-order valence-corrected chi connectivity index (χ3v) is 4.58. The Balaban J connectivity index is 2.57. The van der Waals surface area contributed by atoms with Crippen molar-refractivity contribution in [3.05, 3.63) is 38.1 Å². The Morgan fingerprint density at radius 2 is 2.27 bits per heavy atom. The van der Waals surface area contributed by atoms with Gasteiger partial charge in [-0.05, 0) is 50.9 Å². The van der Waals surface area contributed by atoms with E-state index in [9.17, 15) is 0 Å². The van der Waals surface area contributed by atoms with E-state index in [1.165, 1.54) is 26.4 Å². The minimum Gasteiger partial charge on any atom is -0.233 e. The third kappa shape index (κ3) is 2.66. The summed E-state index contributed by atoms with van der Waals surface area (Å²) in [4.78, 5) is 4.45. The Labute approximate surface area is 108 Å². The molecule has 0 aliphatic carbocycles. The summed E-state index contributed by atoms with van der Waals surface area (Å²) in [6.07, 6.45) is 0. The molecule has 0 atom stereocenters. The smallest absolute Gasteiger partial charge is 0.179 e. The summed E-state index contributed by atoms with van der Waals surface area (Å²) in [5.74, 6) is 0. The van der Waals surface area contributed by atoms with Crippen LogP contribution in [0.5, 0.6) is 0 Å². The van der Waals surface area contributed by atoms with Crippen LogP contribution >= 0.6 is 48.4 Å². The maximum atomic E-state index is 5.88. The molecule has 0 aliphatic rings. The van der Waals surface area contributed by atoms with Gasteiger partial charge in [0.1, 0.15) is 0 Å². The molecule has 0 aliphatic heterocycles. The van der Waals surface area contributed by atoms with E-state index in [4.69, 9.17) is 11.6 Å². The highest BCUT2D eigenvalue weighted by molar-refractivity contribution is 9.10. The zero-order chi connectivity index (χ0) is 10.8. The lowest BCUT2D eigenvalue weighted by Crippen LogP contribution is -1.92. The lowest BCUT2D eigenvalue weighted by molar-refractivity contribution is 1.33. The maximum Gasteiger partial charge on any atom is 0.179 e. The molecule has 2 aromatic rings. The number of hydrogen-bond donors (Lipinski definition) is 0. The van der Waals surface area contributed by atoms with Crippen LogP contribution in [0.15, 0.2) is 27.7 Å². The number of aromatic nitrogens is 1. The first-order chi connectivity index (χ1) is 7.16. The summed E-state index contributed by atoms with van der Waals surface area (Å²) in [6.45, 7) is 2.03. The molecule has 0 N–H and O–H groups in total. The Hall–Kier alpha value is -0.230. The molecule has 2 rings (SSSR count). The molecule has 0 saturated carbocycles. The Morgan fingerprint density at radius 1 is 1.47 bits per heavy atom. The van der Waals surface area contributed by atoms with Gasteiger partial charge in [0.2, 0.25) is 0 Å². The number of halogens is 2. The Kier molecular flexibility index (Phi) is 3.56. The van der Waals surface area contributed by atoms with Gasteiger partial charge in [-0.1, -0.05) is 17.7 Å². The Morgan fingerprint density at radius 3 is 2.93 bits per heavy atom. The zero-order valence-electron chi connectivity index (χ0n) is 7.70. The summed E-state index contributed by atoms with van der Waals surface area (Å²) < 4.78 is 5.70. The largest absolute Gasteiger partial charge is 0.233 e. The standard InChI is InChI=1S/C9H6BrClN2S2/c1-5-2-3-6(10)7(4-5)12-9-8(11)13-15-14-9/h2-4H,1H3/b12-9+. The highest BCUT2D eigenvalue weighted by Gasteiger charge is 2.01. The summed E-state index contributed by atoms with van der Waals surface area (Å²) in [5.41, 5.74) is 2.05. The van der Waals surface area contributed by atoms with E-state index < -0.39 is 0 Å². The highest BCUT2D eigenvalue weighted by atomic mass is 79.9. The third-order valence-electron chi connectivity index (χ3n) is 1.73. The summed E-state index contributed by atoms with van der Waals surface area (Å²) in [7, 11) is 2.82. The average molecular weight is 322 g/mol. The van der Waals surface area contributed by atoms with Gasteiger partial charge in [-0.25, -0.2) is 4.99 Å². The number of nitrogens with zero attached hydrogens (tertiary/aromatic N) is 2. The summed E-state index contributed by atoms with van der Waals surface area (Å²) >= 11 is 9.33. The second-order valence-electron chi connectivity index (χ2n) is 2.91. The van der Waals surface area contributed by atoms with Crippen LogP contribution in [-0.4, -0.2) is 4.37 Å². The molecule has 0 fully saturated rings. The van der Waals surface area contributed by atoms with E-state index in [0.717, 1.165) is 14.8 Å². The van der Waals surface area contributed by atoms with Crippen LogP contribution in [0.4, 0.5) is 5.69 Å². The van der Waals surface area contributed by atoms with Crippen molar-refractivity contribution in [2.24, 2.45) is 4.99 Å². The lowest BCUT2D eigenvalue weighted by Gasteiger charge is -1.98. The van der Waals surface area contributed by atoms with Crippen molar-refractivity contribution in [3.8, 4) is 0 Å². The average Bonchev–Trinajstić information content (AvgIpc) is 2.58. The van der Waals surface area contributed by atoms with Crippen molar-refractivity contribution in [1.82, 2.24) is 4.37 Å². The monoisotopic (exact) mass is 320 g/mol. The van der Waals surface area contributed by atoms with Crippen LogP contribution in [0.2, 0.25) is 5.15 Å². The van der Waals surface area contributed by atoms with Crippen LogP contribution in [0.25, 0.3) is 0 Å². The fraction of sp³-hybridized carbons (Fsp3) is 0.111. The molecule has 15 heavy (non-hydrogen) atoms. The minimum absolute atomic E-state index is 0.471. The Bertz CT molecular complexity index is 547. The quantitative estimate of drug-likeness (QED) is 0.724. The topological polar surface area (TPSA) is 25.2 Å². The van der Waals surface area contributed by atoms with Gasteiger partial charge < -0.3 is 0 Å². The van der Waals surface area contributed by atoms with Crippen LogP contribution in [0, 0.1) is 6.92 Å². The van der Waals surface area contributed by atoms with Crippen molar-refractivity contribution >= 4 is 54.1 Å². The molecule has 1 aromatic carbocycles. The van der Waals surface area contributed by atoms with E-state index in [2.05, 4.69) is 25.3 Å². The second-order valence-corrected chi connectivity index (χ2v) is 5.96. The van der Waals surface area contributed by atoms with Gasteiger partial charge in [0.05, 0.1) is 5.69 Å². The van der Waals surface area contributed by atoms with E-state index in [1.807, 2.05) is 25.1 Å². The maximum absolute atomic E-state index is 5.88. The van der Waals surface area contributed by atoms with Crippen molar-refractivity contribution in [2.75, 3.05) is 0 Å². The molecule has 1 aromatic heterocycles. The lowest BCUT2D eigenvalue weighted by atomic mass is 10.2. The fourth-order valence-electron chi connectivity index (χ4n) is 1.04. The van der Waals surface area contributed by atoms with E-state index >= 15 is 0 Å². The minimum atomic E-state index is 0.471. The number of benzene rings is 1. The molecule has 0 amide bonds. The number of hydrogen-bond acceptors (Lipinski definition) is 4.